The Morgan fingerprint density at radius 1 is 1.19 bits per heavy atom. The number of carbonyl (C=O) groups excluding carboxylic acids is 1. The van der Waals surface area contributed by atoms with E-state index >= 15 is 0 Å². The van der Waals surface area contributed by atoms with Crippen molar-refractivity contribution in [3.05, 3.63) is 65.1 Å². The molecule has 3 aliphatic rings. The largest absolute Gasteiger partial charge is 0.369 e. The summed E-state index contributed by atoms with van der Waals surface area (Å²) < 4.78 is 23.3. The molecule has 160 valence electrons. The van der Waals surface area contributed by atoms with Gasteiger partial charge in [-0.05, 0) is 36.0 Å². The minimum absolute atomic E-state index is 0.0595. The normalized spacial score (nSPS) is 25.7. The third-order valence-electron chi connectivity index (χ3n) is 6.35. The maximum atomic E-state index is 12.1. The molecule has 1 amide bonds. The van der Waals surface area contributed by atoms with Gasteiger partial charge in [0, 0.05) is 24.4 Å². The highest BCUT2D eigenvalue weighted by atomic mass is 32.2. The number of benzene rings is 1. The van der Waals surface area contributed by atoms with Crippen molar-refractivity contribution in [1.82, 2.24) is 9.97 Å². The second-order valence-electron chi connectivity index (χ2n) is 8.37. The summed E-state index contributed by atoms with van der Waals surface area (Å²) in [5.41, 5.74) is 8.29. The van der Waals surface area contributed by atoms with Gasteiger partial charge in [-0.25, -0.2) is 23.5 Å². The number of hydrogen-bond acceptors (Lipinski definition) is 6. The number of carbonyl (C=O) groups is 1. The number of primary amides is 1. The van der Waals surface area contributed by atoms with Crippen LogP contribution in [0, 0.1) is 17.8 Å². The summed E-state index contributed by atoms with van der Waals surface area (Å²) in [6.45, 7) is 0. The molecule has 3 aliphatic carbocycles. The number of nitrogens with one attached hydrogen (secondary N) is 1. The van der Waals surface area contributed by atoms with Crippen molar-refractivity contribution < 1.29 is 13.2 Å². The highest BCUT2D eigenvalue weighted by molar-refractivity contribution is 7.89. The lowest BCUT2D eigenvalue weighted by molar-refractivity contribution is -0.122. The molecule has 0 saturated heterocycles. The zero-order valence-corrected chi connectivity index (χ0v) is 17.5. The SMILES string of the molecule is NC(=O)C1C2C=CC(C2)C1Nc1nc(Cc2cccc(S(N)(=O)=O)c2)nc2c1C=CC2. The van der Waals surface area contributed by atoms with Crippen molar-refractivity contribution in [2.75, 3.05) is 5.32 Å². The number of allylic oxidation sites excluding steroid dienone is 2. The van der Waals surface area contributed by atoms with Gasteiger partial charge in [0.2, 0.25) is 15.9 Å². The van der Waals surface area contributed by atoms with Crippen LogP contribution < -0.4 is 16.2 Å². The van der Waals surface area contributed by atoms with E-state index in [1.807, 2.05) is 18.2 Å². The molecule has 4 atom stereocenters. The van der Waals surface area contributed by atoms with Crippen LogP contribution in [0.2, 0.25) is 0 Å². The van der Waals surface area contributed by atoms with Gasteiger partial charge < -0.3 is 11.1 Å². The number of fused-ring (bicyclic) bond motifs is 3. The molecule has 2 bridgehead atoms. The first kappa shape index (κ1) is 19.9. The molecule has 1 heterocycles. The Balaban J connectivity index is 1.47. The van der Waals surface area contributed by atoms with Crippen LogP contribution in [-0.2, 0) is 27.7 Å². The van der Waals surface area contributed by atoms with E-state index in [0.29, 0.717) is 24.5 Å². The van der Waals surface area contributed by atoms with Gasteiger partial charge in [-0.3, -0.25) is 4.79 Å². The molecule has 5 N–H and O–H groups in total. The molecular formula is C22H23N5O3S. The fourth-order valence-electron chi connectivity index (χ4n) is 4.95. The molecule has 1 fully saturated rings. The van der Waals surface area contributed by atoms with Gasteiger partial charge in [0.1, 0.15) is 11.6 Å². The standard InChI is InChI=1S/C22H23N5O3S/c23-21(28)19-13-7-8-14(11-13)20(19)27-22-16-5-2-6-17(16)25-18(26-22)10-12-3-1-4-15(9-12)31(24,29)30/h1-5,7-9,13-14,19-20H,6,10-11H2,(H2,23,28)(H2,24,29,30)(H,25,26,27). The van der Waals surface area contributed by atoms with Crippen molar-refractivity contribution in [2.24, 2.45) is 28.6 Å². The number of rotatable bonds is 6. The highest BCUT2D eigenvalue weighted by Crippen LogP contribution is 2.45. The van der Waals surface area contributed by atoms with Crippen molar-refractivity contribution in [2.45, 2.75) is 30.2 Å². The molecule has 0 radical (unpaired) electrons. The molecule has 5 rings (SSSR count). The number of amides is 1. The predicted octanol–water partition coefficient (Wildman–Crippen LogP) is 1.37. The first-order valence-corrected chi connectivity index (χ1v) is 11.8. The Kier molecular flexibility index (Phi) is 4.67. The number of aromatic nitrogens is 2. The second kappa shape index (κ2) is 7.28. The Morgan fingerprint density at radius 3 is 2.77 bits per heavy atom. The molecule has 9 heteroatoms. The first-order valence-electron chi connectivity index (χ1n) is 10.2. The monoisotopic (exact) mass is 437 g/mol. The second-order valence-corrected chi connectivity index (χ2v) is 9.93. The Morgan fingerprint density at radius 2 is 2.00 bits per heavy atom. The summed E-state index contributed by atoms with van der Waals surface area (Å²) >= 11 is 0. The summed E-state index contributed by atoms with van der Waals surface area (Å²) in [4.78, 5) is 21.6. The lowest BCUT2D eigenvalue weighted by Crippen LogP contribution is -2.41. The van der Waals surface area contributed by atoms with Crippen LogP contribution in [0.1, 0.15) is 29.1 Å². The van der Waals surface area contributed by atoms with Crippen molar-refractivity contribution >= 4 is 27.8 Å². The number of sulfonamides is 1. The number of hydrogen-bond donors (Lipinski definition) is 3. The van der Waals surface area contributed by atoms with E-state index in [4.69, 9.17) is 15.9 Å². The molecule has 4 unspecified atom stereocenters. The molecule has 1 saturated carbocycles. The number of anilines is 1. The summed E-state index contributed by atoms with van der Waals surface area (Å²) in [6.07, 6.45) is 10.2. The number of primary sulfonamides is 1. The third-order valence-corrected chi connectivity index (χ3v) is 7.26. The van der Waals surface area contributed by atoms with Crippen LogP contribution in [0.15, 0.2) is 47.4 Å². The Labute approximate surface area is 180 Å². The molecule has 0 spiro atoms. The zero-order chi connectivity index (χ0) is 21.8. The zero-order valence-electron chi connectivity index (χ0n) is 16.7. The van der Waals surface area contributed by atoms with E-state index in [-0.39, 0.29) is 34.6 Å². The van der Waals surface area contributed by atoms with Gasteiger partial charge in [0.15, 0.2) is 0 Å². The minimum atomic E-state index is -3.78. The first-order chi connectivity index (χ1) is 14.8. The van der Waals surface area contributed by atoms with Crippen LogP contribution in [0.25, 0.3) is 6.08 Å². The third kappa shape index (κ3) is 3.64. The molecular weight excluding hydrogens is 414 g/mol. The lowest BCUT2D eigenvalue weighted by Gasteiger charge is -2.28. The molecule has 8 nitrogen and oxygen atoms in total. The van der Waals surface area contributed by atoms with E-state index in [0.717, 1.165) is 23.2 Å². The summed E-state index contributed by atoms with van der Waals surface area (Å²) in [7, 11) is -3.78. The maximum Gasteiger partial charge on any atom is 0.238 e. The van der Waals surface area contributed by atoms with Crippen LogP contribution in [0.5, 0.6) is 0 Å². The topological polar surface area (TPSA) is 141 Å². The van der Waals surface area contributed by atoms with Gasteiger partial charge >= 0.3 is 0 Å². The Bertz CT molecular complexity index is 1240. The minimum Gasteiger partial charge on any atom is -0.369 e. The van der Waals surface area contributed by atoms with E-state index < -0.39 is 10.0 Å². The number of nitrogens with two attached hydrogens (primary N) is 2. The average molecular weight is 438 g/mol. The predicted molar refractivity (Wildman–Crippen MR) is 116 cm³/mol. The van der Waals surface area contributed by atoms with Crippen LogP contribution in [-0.4, -0.2) is 30.3 Å². The quantitative estimate of drug-likeness (QED) is 0.583. The van der Waals surface area contributed by atoms with E-state index in [1.165, 1.54) is 6.07 Å². The molecule has 2 aromatic rings. The molecule has 1 aromatic carbocycles. The Hall–Kier alpha value is -3.04. The molecule has 1 aromatic heterocycles. The van der Waals surface area contributed by atoms with Gasteiger partial charge in [-0.1, -0.05) is 36.4 Å². The fourth-order valence-corrected chi connectivity index (χ4v) is 5.54. The summed E-state index contributed by atoms with van der Waals surface area (Å²) in [5.74, 6) is 1.12. The van der Waals surface area contributed by atoms with E-state index in [9.17, 15) is 13.2 Å². The van der Waals surface area contributed by atoms with Crippen molar-refractivity contribution in [3.8, 4) is 0 Å². The van der Waals surface area contributed by atoms with Crippen molar-refractivity contribution in [3.63, 3.8) is 0 Å². The van der Waals surface area contributed by atoms with Crippen LogP contribution in [0.3, 0.4) is 0 Å². The van der Waals surface area contributed by atoms with E-state index in [2.05, 4.69) is 22.5 Å². The van der Waals surface area contributed by atoms with Gasteiger partial charge in [0.25, 0.3) is 0 Å². The van der Waals surface area contributed by atoms with Crippen LogP contribution >= 0.6 is 0 Å². The highest BCUT2D eigenvalue weighted by Gasteiger charge is 2.47. The van der Waals surface area contributed by atoms with Crippen LogP contribution in [0.4, 0.5) is 5.82 Å². The maximum absolute atomic E-state index is 12.1. The smallest absolute Gasteiger partial charge is 0.238 e. The summed E-state index contributed by atoms with van der Waals surface area (Å²) in [6, 6.07) is 6.38. The molecule has 0 aliphatic heterocycles. The lowest BCUT2D eigenvalue weighted by atomic mass is 9.88. The summed E-state index contributed by atoms with van der Waals surface area (Å²) in [5, 5.41) is 8.75. The van der Waals surface area contributed by atoms with E-state index in [1.54, 1.807) is 12.1 Å². The average Bonchev–Trinajstić information content (AvgIpc) is 3.43. The fraction of sp³-hybridized carbons (Fsp3) is 0.318. The molecule has 31 heavy (non-hydrogen) atoms. The number of nitrogens with zero attached hydrogens (tertiary/aromatic N) is 2. The van der Waals surface area contributed by atoms with Gasteiger partial charge in [0.05, 0.1) is 16.5 Å². The van der Waals surface area contributed by atoms with Gasteiger partial charge in [-0.15, -0.1) is 0 Å². The van der Waals surface area contributed by atoms with Crippen molar-refractivity contribution in [1.29, 1.82) is 0 Å². The van der Waals surface area contributed by atoms with Gasteiger partial charge in [-0.2, -0.15) is 0 Å².